The highest BCUT2D eigenvalue weighted by molar-refractivity contribution is 6.30. The minimum Gasteiger partial charge on any atom is -0.444 e. The van der Waals surface area contributed by atoms with Crippen LogP contribution in [-0.4, -0.2) is 65.4 Å². The first-order valence-electron chi connectivity index (χ1n) is 12.7. The first-order chi connectivity index (χ1) is 18.8. The molecule has 1 unspecified atom stereocenters. The largest absolute Gasteiger partial charge is 0.444 e. The minimum absolute atomic E-state index is 0.246. The summed E-state index contributed by atoms with van der Waals surface area (Å²) >= 11 is 5.96. The van der Waals surface area contributed by atoms with Gasteiger partial charge < -0.3 is 24.1 Å². The van der Waals surface area contributed by atoms with Gasteiger partial charge in [-0.3, -0.25) is 10.1 Å². The van der Waals surface area contributed by atoms with Gasteiger partial charge >= 0.3 is 12.1 Å². The summed E-state index contributed by atoms with van der Waals surface area (Å²) < 4.78 is 40.7. The Hall–Kier alpha value is -3.70. The van der Waals surface area contributed by atoms with Crippen molar-refractivity contribution >= 4 is 35.3 Å². The van der Waals surface area contributed by atoms with E-state index >= 15 is 8.78 Å². The van der Waals surface area contributed by atoms with Crippen LogP contribution in [0.5, 0.6) is 0 Å². The fourth-order valence-electron chi connectivity index (χ4n) is 4.32. The zero-order valence-corrected chi connectivity index (χ0v) is 23.4. The Morgan fingerprint density at radius 3 is 2.23 bits per heavy atom. The molecule has 1 aliphatic heterocycles. The number of carbonyl (C=O) groups is 2. The molecule has 0 radical (unpaired) electrons. The highest BCUT2D eigenvalue weighted by Crippen LogP contribution is 2.33. The smallest absolute Gasteiger partial charge is 0.410 e. The second kappa shape index (κ2) is 11.4. The third-order valence-corrected chi connectivity index (χ3v) is 6.89. The molecule has 3 aromatic rings. The SMILES string of the molecule is CC(C)(C)OC(=O)N1CCN(c2cc(F)c(C(=O)Nc3nc(C(C)(CO)c4ccc(Cl)cc4)co3)c(F)c2)CC1. The quantitative estimate of drug-likeness (QED) is 0.414. The van der Waals surface area contributed by atoms with Crippen molar-refractivity contribution in [1.29, 1.82) is 0 Å². The Morgan fingerprint density at radius 2 is 1.68 bits per heavy atom. The summed E-state index contributed by atoms with van der Waals surface area (Å²) in [6.07, 6.45) is 0.811. The molecule has 4 rings (SSSR count). The van der Waals surface area contributed by atoms with Crippen molar-refractivity contribution in [3.05, 3.63) is 76.1 Å². The number of piperazine rings is 1. The lowest BCUT2D eigenvalue weighted by Crippen LogP contribution is -2.50. The number of benzene rings is 2. The van der Waals surface area contributed by atoms with Crippen molar-refractivity contribution in [2.24, 2.45) is 0 Å². The van der Waals surface area contributed by atoms with Crippen LogP contribution in [0.3, 0.4) is 0 Å². The van der Waals surface area contributed by atoms with E-state index in [2.05, 4.69) is 10.3 Å². The number of anilines is 2. The summed E-state index contributed by atoms with van der Waals surface area (Å²) in [5.74, 6) is -3.20. The van der Waals surface area contributed by atoms with Crippen LogP contribution < -0.4 is 10.2 Å². The summed E-state index contributed by atoms with van der Waals surface area (Å²) in [6.45, 7) is 8.03. The van der Waals surface area contributed by atoms with Crippen molar-refractivity contribution in [2.75, 3.05) is 43.0 Å². The number of aliphatic hydroxyl groups excluding tert-OH is 1. The fraction of sp³-hybridized carbons (Fsp3) is 0.393. The molecule has 1 atom stereocenters. The Bertz CT molecular complexity index is 1360. The Balaban J connectivity index is 1.44. The average molecular weight is 577 g/mol. The number of aromatic nitrogens is 1. The van der Waals surface area contributed by atoms with Crippen LogP contribution in [0.25, 0.3) is 0 Å². The van der Waals surface area contributed by atoms with Gasteiger partial charge in [0.25, 0.3) is 5.91 Å². The predicted molar refractivity (Wildman–Crippen MR) is 146 cm³/mol. The van der Waals surface area contributed by atoms with Crippen molar-refractivity contribution in [3.63, 3.8) is 0 Å². The van der Waals surface area contributed by atoms with Crippen LogP contribution in [-0.2, 0) is 10.2 Å². The molecule has 9 nitrogen and oxygen atoms in total. The molecule has 0 aliphatic carbocycles. The summed E-state index contributed by atoms with van der Waals surface area (Å²) in [5, 5.41) is 12.9. The number of aliphatic hydroxyl groups is 1. The summed E-state index contributed by atoms with van der Waals surface area (Å²) in [6, 6.07) is 8.67. The number of ether oxygens (including phenoxy) is 1. The zero-order valence-electron chi connectivity index (χ0n) is 22.6. The van der Waals surface area contributed by atoms with Gasteiger partial charge in [0.2, 0.25) is 0 Å². The van der Waals surface area contributed by atoms with E-state index in [0.717, 1.165) is 12.1 Å². The van der Waals surface area contributed by atoms with Gasteiger partial charge in [0, 0.05) is 36.9 Å². The number of rotatable bonds is 6. The molecule has 2 heterocycles. The molecule has 12 heteroatoms. The van der Waals surface area contributed by atoms with E-state index in [-0.39, 0.29) is 18.3 Å². The second-order valence-corrected chi connectivity index (χ2v) is 11.2. The second-order valence-electron chi connectivity index (χ2n) is 10.7. The summed E-state index contributed by atoms with van der Waals surface area (Å²) in [7, 11) is 0. The van der Waals surface area contributed by atoms with E-state index < -0.39 is 40.2 Å². The standard InChI is InChI=1S/C28H31ClF2N4O5/c1-27(2,3)40-26(38)35-11-9-34(10-12-35)19-13-20(30)23(21(31)14-19)24(37)33-25-32-22(15-39-25)28(4,16-36)17-5-7-18(29)8-6-17/h5-8,13-15,36H,9-12,16H2,1-4H3,(H,32,33,37). The van der Waals surface area contributed by atoms with E-state index in [4.69, 9.17) is 20.8 Å². The van der Waals surface area contributed by atoms with Crippen LogP contribution in [0.15, 0.2) is 47.1 Å². The first-order valence-corrected chi connectivity index (χ1v) is 13.0. The molecule has 40 heavy (non-hydrogen) atoms. The molecule has 0 spiro atoms. The minimum atomic E-state index is -1.08. The number of carbonyl (C=O) groups excluding carboxylic acids is 2. The van der Waals surface area contributed by atoms with Crippen molar-refractivity contribution in [1.82, 2.24) is 9.88 Å². The van der Waals surface area contributed by atoms with Crippen molar-refractivity contribution in [3.8, 4) is 0 Å². The number of amides is 2. The van der Waals surface area contributed by atoms with E-state index in [9.17, 15) is 14.7 Å². The molecule has 1 aromatic heterocycles. The maximum absolute atomic E-state index is 15.0. The normalized spacial score (nSPS) is 15.5. The number of hydrogen-bond acceptors (Lipinski definition) is 7. The lowest BCUT2D eigenvalue weighted by atomic mass is 9.81. The lowest BCUT2D eigenvalue weighted by molar-refractivity contribution is 0.0240. The van der Waals surface area contributed by atoms with E-state index in [0.29, 0.717) is 42.5 Å². The molecule has 1 saturated heterocycles. The Morgan fingerprint density at radius 1 is 1.07 bits per heavy atom. The maximum Gasteiger partial charge on any atom is 0.410 e. The van der Waals surface area contributed by atoms with Gasteiger partial charge in [-0.05, 0) is 57.5 Å². The Kier molecular flexibility index (Phi) is 8.36. The number of hydrogen-bond donors (Lipinski definition) is 2. The maximum atomic E-state index is 15.0. The molecule has 0 bridgehead atoms. The molecular formula is C28H31ClF2N4O5. The third-order valence-electron chi connectivity index (χ3n) is 6.64. The number of nitrogens with zero attached hydrogens (tertiary/aromatic N) is 3. The van der Waals surface area contributed by atoms with Crippen LogP contribution in [0, 0.1) is 11.6 Å². The van der Waals surface area contributed by atoms with E-state index in [1.54, 1.807) is 56.9 Å². The highest BCUT2D eigenvalue weighted by Gasteiger charge is 2.33. The summed E-state index contributed by atoms with van der Waals surface area (Å²) in [4.78, 5) is 32.6. The fourth-order valence-corrected chi connectivity index (χ4v) is 4.44. The number of oxazole rings is 1. The van der Waals surface area contributed by atoms with Crippen LogP contribution in [0.2, 0.25) is 5.02 Å². The Labute approximate surface area is 235 Å². The van der Waals surface area contributed by atoms with Crippen LogP contribution in [0.1, 0.15) is 49.3 Å². The van der Waals surface area contributed by atoms with Crippen molar-refractivity contribution < 1.29 is 32.6 Å². The van der Waals surface area contributed by atoms with Gasteiger partial charge in [0.05, 0.1) is 17.7 Å². The number of nitrogens with one attached hydrogen (secondary N) is 1. The summed E-state index contributed by atoms with van der Waals surface area (Å²) in [5.41, 5.74) is -1.16. The zero-order chi connectivity index (χ0) is 29.2. The van der Waals surface area contributed by atoms with Gasteiger partial charge in [-0.2, -0.15) is 4.98 Å². The van der Waals surface area contributed by atoms with Crippen LogP contribution >= 0.6 is 11.6 Å². The molecular weight excluding hydrogens is 546 g/mol. The molecule has 1 fully saturated rings. The van der Waals surface area contributed by atoms with Gasteiger partial charge in [0.15, 0.2) is 0 Å². The molecule has 2 amide bonds. The van der Waals surface area contributed by atoms with Gasteiger partial charge in [0.1, 0.15) is 29.1 Å². The molecule has 0 saturated carbocycles. The van der Waals surface area contributed by atoms with Gasteiger partial charge in [-0.25, -0.2) is 13.6 Å². The molecule has 2 N–H and O–H groups in total. The number of halogens is 3. The molecule has 214 valence electrons. The average Bonchev–Trinajstić information content (AvgIpc) is 3.36. The predicted octanol–water partition coefficient (Wildman–Crippen LogP) is 5.21. The van der Waals surface area contributed by atoms with Crippen LogP contribution in [0.4, 0.5) is 25.3 Å². The molecule has 1 aliphatic rings. The topological polar surface area (TPSA) is 108 Å². The lowest BCUT2D eigenvalue weighted by Gasteiger charge is -2.36. The highest BCUT2D eigenvalue weighted by atomic mass is 35.5. The monoisotopic (exact) mass is 576 g/mol. The molecule has 2 aromatic carbocycles. The third kappa shape index (κ3) is 6.37. The van der Waals surface area contributed by atoms with Gasteiger partial charge in [-0.15, -0.1) is 0 Å². The van der Waals surface area contributed by atoms with E-state index in [1.165, 1.54) is 11.2 Å². The first kappa shape index (κ1) is 29.3. The van der Waals surface area contributed by atoms with Gasteiger partial charge in [-0.1, -0.05) is 23.7 Å². The van der Waals surface area contributed by atoms with E-state index in [1.807, 2.05) is 0 Å². The van der Waals surface area contributed by atoms with Crippen molar-refractivity contribution in [2.45, 2.75) is 38.7 Å².